The summed E-state index contributed by atoms with van der Waals surface area (Å²) in [4.78, 5) is 33.5. The Labute approximate surface area is 167 Å². The molecule has 2 atom stereocenters. The molecule has 0 bridgehead atoms. The van der Waals surface area contributed by atoms with Crippen LogP contribution in [0.25, 0.3) is 10.2 Å². The summed E-state index contributed by atoms with van der Waals surface area (Å²) in [6.45, 7) is 5.62. The fraction of sp³-hybridized carbons (Fsp3) is 0.632. The molecule has 0 saturated carbocycles. The van der Waals surface area contributed by atoms with Crippen LogP contribution in [0.2, 0.25) is 0 Å². The number of aliphatic hydroxyl groups excluding tert-OH is 1. The van der Waals surface area contributed by atoms with Crippen molar-refractivity contribution in [2.24, 2.45) is 5.92 Å². The first kappa shape index (κ1) is 20.9. The van der Waals surface area contributed by atoms with Gasteiger partial charge in [-0.3, -0.25) is 14.2 Å². The van der Waals surface area contributed by atoms with Crippen molar-refractivity contribution < 1.29 is 19.4 Å². The van der Waals surface area contributed by atoms with Crippen LogP contribution in [-0.4, -0.2) is 71.6 Å². The topological polar surface area (TPSA) is 93.9 Å². The van der Waals surface area contributed by atoms with Crippen LogP contribution < -0.4 is 5.56 Å². The van der Waals surface area contributed by atoms with Crippen LogP contribution in [0.4, 0.5) is 0 Å². The number of aromatic nitrogens is 2. The Morgan fingerprint density at radius 1 is 1.36 bits per heavy atom. The van der Waals surface area contributed by atoms with Gasteiger partial charge in [-0.2, -0.15) is 0 Å². The van der Waals surface area contributed by atoms with Crippen molar-refractivity contribution in [1.82, 2.24) is 14.5 Å². The van der Waals surface area contributed by atoms with Gasteiger partial charge in [0, 0.05) is 37.6 Å². The zero-order valence-corrected chi connectivity index (χ0v) is 17.3. The Bertz CT molecular complexity index is 894. The van der Waals surface area contributed by atoms with Crippen molar-refractivity contribution in [3.05, 3.63) is 27.1 Å². The molecule has 3 heterocycles. The number of carbonyl (C=O) groups excluding carboxylic acids is 1. The average Bonchev–Trinajstić information content (AvgIpc) is 2.98. The molecule has 0 spiro atoms. The SMILES string of the molecule is COCCOC1CC(CO)CN(C(=O)Cn2cnc3sc(C)c(C)c3c2=O)C1. The first-order valence-electron chi connectivity index (χ1n) is 9.38. The maximum Gasteiger partial charge on any atom is 0.262 e. The normalized spacial score (nSPS) is 20.1. The number of likely N-dealkylation sites (tertiary alicyclic amines) is 1. The lowest BCUT2D eigenvalue weighted by Crippen LogP contribution is -2.49. The number of hydrogen-bond acceptors (Lipinski definition) is 7. The van der Waals surface area contributed by atoms with E-state index in [1.165, 1.54) is 22.2 Å². The minimum absolute atomic E-state index is 0.00520. The molecular weight excluding hydrogens is 382 g/mol. The number of rotatable bonds is 7. The molecule has 1 aliphatic rings. The fourth-order valence-electron chi connectivity index (χ4n) is 3.54. The molecule has 1 fully saturated rings. The van der Waals surface area contributed by atoms with E-state index in [1.54, 1.807) is 12.0 Å². The number of thiophene rings is 1. The standard InChI is InChI=1S/C19H27N3O5S/c1-12-13(2)28-18-17(12)19(25)22(11-20-18)9-16(24)21-7-14(10-23)6-15(8-21)27-5-4-26-3/h11,14-15,23H,4-10H2,1-3H3. The van der Waals surface area contributed by atoms with Crippen molar-refractivity contribution in [3.63, 3.8) is 0 Å². The summed E-state index contributed by atoms with van der Waals surface area (Å²) in [5.41, 5.74) is 0.730. The van der Waals surface area contributed by atoms with E-state index in [1.807, 2.05) is 13.8 Å². The van der Waals surface area contributed by atoms with E-state index in [-0.39, 0.29) is 36.6 Å². The van der Waals surface area contributed by atoms with E-state index in [4.69, 9.17) is 9.47 Å². The molecule has 1 amide bonds. The molecule has 9 heteroatoms. The molecule has 3 rings (SSSR count). The third-order valence-electron chi connectivity index (χ3n) is 5.21. The third-order valence-corrected chi connectivity index (χ3v) is 6.33. The van der Waals surface area contributed by atoms with Gasteiger partial charge in [0.05, 0.1) is 31.0 Å². The summed E-state index contributed by atoms with van der Waals surface area (Å²) < 4.78 is 12.1. The predicted octanol–water partition coefficient (Wildman–Crippen LogP) is 0.947. The molecular formula is C19H27N3O5S. The minimum atomic E-state index is -0.191. The highest BCUT2D eigenvalue weighted by Crippen LogP contribution is 2.25. The molecule has 154 valence electrons. The highest BCUT2D eigenvalue weighted by molar-refractivity contribution is 7.18. The van der Waals surface area contributed by atoms with Crippen LogP contribution in [0.5, 0.6) is 0 Å². The van der Waals surface area contributed by atoms with E-state index in [2.05, 4.69) is 4.98 Å². The summed E-state index contributed by atoms with van der Waals surface area (Å²) in [5.74, 6) is -0.212. The number of amides is 1. The number of piperidine rings is 1. The number of aliphatic hydroxyl groups is 1. The number of ether oxygens (including phenoxy) is 2. The number of methoxy groups -OCH3 is 1. The third kappa shape index (κ3) is 4.43. The molecule has 28 heavy (non-hydrogen) atoms. The second kappa shape index (κ2) is 9.13. The smallest absolute Gasteiger partial charge is 0.262 e. The Balaban J connectivity index is 1.74. The van der Waals surface area contributed by atoms with Gasteiger partial charge in [0.2, 0.25) is 5.91 Å². The summed E-state index contributed by atoms with van der Waals surface area (Å²) in [7, 11) is 1.61. The van der Waals surface area contributed by atoms with Gasteiger partial charge >= 0.3 is 0 Å². The second-order valence-electron chi connectivity index (χ2n) is 7.21. The van der Waals surface area contributed by atoms with Crippen molar-refractivity contribution in [2.45, 2.75) is 32.9 Å². The highest BCUT2D eigenvalue weighted by Gasteiger charge is 2.30. The lowest BCUT2D eigenvalue weighted by atomic mass is 9.96. The Kier molecular flexibility index (Phi) is 6.82. The van der Waals surface area contributed by atoms with Crippen LogP contribution in [0, 0.1) is 19.8 Å². The predicted molar refractivity (Wildman–Crippen MR) is 107 cm³/mol. The zero-order chi connectivity index (χ0) is 20.3. The van der Waals surface area contributed by atoms with E-state index < -0.39 is 0 Å². The first-order valence-corrected chi connectivity index (χ1v) is 10.2. The molecule has 8 nitrogen and oxygen atoms in total. The van der Waals surface area contributed by atoms with Crippen LogP contribution in [0.15, 0.2) is 11.1 Å². The van der Waals surface area contributed by atoms with Gasteiger partial charge in [-0.05, 0) is 25.8 Å². The second-order valence-corrected chi connectivity index (χ2v) is 8.41. The molecule has 0 aliphatic carbocycles. The molecule has 2 aromatic rings. The van der Waals surface area contributed by atoms with Crippen LogP contribution in [-0.2, 0) is 20.8 Å². The van der Waals surface area contributed by atoms with Gasteiger partial charge in [-0.1, -0.05) is 0 Å². The van der Waals surface area contributed by atoms with Gasteiger partial charge < -0.3 is 19.5 Å². The number of fused-ring (bicyclic) bond motifs is 1. The largest absolute Gasteiger partial charge is 0.396 e. The number of hydrogen-bond donors (Lipinski definition) is 1. The van der Waals surface area contributed by atoms with Gasteiger partial charge in [-0.15, -0.1) is 11.3 Å². The molecule has 2 unspecified atom stereocenters. The summed E-state index contributed by atoms with van der Waals surface area (Å²) in [6, 6.07) is 0. The average molecular weight is 410 g/mol. The molecule has 0 aromatic carbocycles. The highest BCUT2D eigenvalue weighted by atomic mass is 32.1. The molecule has 1 aliphatic heterocycles. The molecule has 1 N–H and O–H groups in total. The maximum atomic E-state index is 12.9. The van der Waals surface area contributed by atoms with Crippen molar-refractivity contribution in [3.8, 4) is 0 Å². The first-order chi connectivity index (χ1) is 13.4. The Hall–Kier alpha value is -1.81. The number of nitrogens with zero attached hydrogens (tertiary/aromatic N) is 3. The molecule has 1 saturated heterocycles. The zero-order valence-electron chi connectivity index (χ0n) is 16.5. The van der Waals surface area contributed by atoms with Crippen LogP contribution in [0.1, 0.15) is 16.9 Å². The fourth-order valence-corrected chi connectivity index (χ4v) is 4.52. The quantitative estimate of drug-likeness (QED) is 0.685. The maximum absolute atomic E-state index is 12.9. The lowest BCUT2D eigenvalue weighted by molar-refractivity contribution is -0.138. The Morgan fingerprint density at radius 2 is 2.14 bits per heavy atom. The monoisotopic (exact) mass is 409 g/mol. The summed E-state index contributed by atoms with van der Waals surface area (Å²) in [6.07, 6.45) is 1.99. The van der Waals surface area contributed by atoms with E-state index in [9.17, 15) is 14.7 Å². The summed E-state index contributed by atoms with van der Waals surface area (Å²) >= 11 is 1.49. The van der Waals surface area contributed by atoms with Gasteiger partial charge in [0.25, 0.3) is 5.56 Å². The van der Waals surface area contributed by atoms with Crippen LogP contribution >= 0.6 is 11.3 Å². The van der Waals surface area contributed by atoms with Crippen molar-refractivity contribution in [2.75, 3.05) is 40.0 Å². The molecule has 0 radical (unpaired) electrons. The van der Waals surface area contributed by atoms with Crippen LogP contribution in [0.3, 0.4) is 0 Å². The summed E-state index contributed by atoms with van der Waals surface area (Å²) in [5, 5.41) is 10.2. The van der Waals surface area contributed by atoms with Crippen molar-refractivity contribution >= 4 is 27.5 Å². The lowest BCUT2D eigenvalue weighted by Gasteiger charge is -2.37. The van der Waals surface area contributed by atoms with Gasteiger partial charge in [-0.25, -0.2) is 4.98 Å². The van der Waals surface area contributed by atoms with E-state index in [0.29, 0.717) is 42.9 Å². The Morgan fingerprint density at radius 3 is 2.86 bits per heavy atom. The van der Waals surface area contributed by atoms with E-state index >= 15 is 0 Å². The number of carbonyl (C=O) groups is 1. The number of aryl methyl sites for hydroxylation is 2. The van der Waals surface area contributed by atoms with Gasteiger partial charge in [0.1, 0.15) is 11.4 Å². The minimum Gasteiger partial charge on any atom is -0.396 e. The molecule has 2 aromatic heterocycles. The van der Waals surface area contributed by atoms with Gasteiger partial charge in [0.15, 0.2) is 0 Å². The van der Waals surface area contributed by atoms with Crippen molar-refractivity contribution in [1.29, 1.82) is 0 Å². The van der Waals surface area contributed by atoms with E-state index in [0.717, 1.165) is 10.4 Å².